The first kappa shape index (κ1) is 10.7. The molecule has 0 aromatic carbocycles. The summed E-state index contributed by atoms with van der Waals surface area (Å²) in [7, 11) is 0. The van der Waals surface area contributed by atoms with Gasteiger partial charge in [-0.05, 0) is 13.3 Å². The van der Waals surface area contributed by atoms with E-state index in [1.165, 1.54) is 0 Å². The maximum atomic E-state index is 10.4. The summed E-state index contributed by atoms with van der Waals surface area (Å²) in [4.78, 5) is 0. The highest BCUT2D eigenvalue weighted by atomic mass is 16.6. The molecule has 0 amide bonds. The zero-order valence-electron chi connectivity index (χ0n) is 8.77. The number of aryl methyl sites for hydroxylation is 1. The number of nitrogens with one attached hydrogen (secondary N) is 1. The second-order valence-electron chi connectivity index (χ2n) is 3.92. The van der Waals surface area contributed by atoms with Crippen LogP contribution in [0.1, 0.15) is 31.2 Å². The lowest BCUT2D eigenvalue weighted by Gasteiger charge is -2.29. The van der Waals surface area contributed by atoms with Crippen molar-refractivity contribution in [2.45, 2.75) is 31.8 Å². The monoisotopic (exact) mass is 224 g/mol. The predicted octanol–water partition coefficient (Wildman–Crippen LogP) is 0.463. The first-order valence-electron chi connectivity index (χ1n) is 4.87. The molecule has 1 unspecified atom stereocenters. The number of aliphatic hydroxyl groups is 1. The van der Waals surface area contributed by atoms with Crippen LogP contribution in [0.25, 0.3) is 0 Å². The number of hydrogen-bond acceptors (Lipinski definition) is 7. The Morgan fingerprint density at radius 3 is 2.94 bits per heavy atom. The van der Waals surface area contributed by atoms with E-state index in [-0.39, 0.29) is 23.5 Å². The van der Waals surface area contributed by atoms with E-state index < -0.39 is 5.60 Å². The van der Waals surface area contributed by atoms with Gasteiger partial charge in [0.05, 0.1) is 5.71 Å². The Bertz CT molecular complexity index is 453. The van der Waals surface area contributed by atoms with Crippen LogP contribution in [0.5, 0.6) is 0 Å². The zero-order valence-corrected chi connectivity index (χ0v) is 8.77. The van der Waals surface area contributed by atoms with Crippen LogP contribution in [-0.4, -0.2) is 32.1 Å². The molecule has 1 aromatic rings. The van der Waals surface area contributed by atoms with E-state index in [4.69, 9.17) is 10.6 Å². The third kappa shape index (κ3) is 1.49. The number of hydrogen-bond donors (Lipinski definition) is 3. The number of nitrogens with zero attached hydrogens (tertiary/aromatic N) is 3. The zero-order chi connectivity index (χ0) is 11.8. The van der Waals surface area contributed by atoms with Gasteiger partial charge in [0.25, 0.3) is 0 Å². The SMILES string of the molecule is CC(=N)CC1(O)/C(=N\O)CCc2nonc21. The van der Waals surface area contributed by atoms with Crippen molar-refractivity contribution < 1.29 is 14.9 Å². The Balaban J connectivity index is 2.50. The van der Waals surface area contributed by atoms with Gasteiger partial charge in [-0.2, -0.15) is 0 Å². The summed E-state index contributed by atoms with van der Waals surface area (Å²) in [6.07, 6.45) is 0.909. The standard InChI is InChI=1S/C9H12N4O3/c1-5(10)4-9(14)7(11-15)3-2-6-8(9)13-16-12-6/h10,14-15H,2-4H2,1H3/b10-5?,11-7-. The Labute approximate surface area is 91.2 Å². The molecular weight excluding hydrogens is 212 g/mol. The average molecular weight is 224 g/mol. The predicted molar refractivity (Wildman–Crippen MR) is 53.8 cm³/mol. The van der Waals surface area contributed by atoms with E-state index in [1.807, 2.05) is 0 Å². The quantitative estimate of drug-likeness (QED) is 0.383. The lowest BCUT2D eigenvalue weighted by atomic mass is 9.80. The van der Waals surface area contributed by atoms with E-state index in [0.717, 1.165) is 0 Å². The maximum Gasteiger partial charge on any atom is 0.158 e. The molecule has 2 rings (SSSR count). The van der Waals surface area contributed by atoms with Gasteiger partial charge in [0, 0.05) is 18.6 Å². The van der Waals surface area contributed by atoms with Crippen molar-refractivity contribution in [3.05, 3.63) is 11.4 Å². The maximum absolute atomic E-state index is 10.4. The molecule has 1 aliphatic rings. The fourth-order valence-electron chi connectivity index (χ4n) is 1.97. The van der Waals surface area contributed by atoms with Crippen LogP contribution in [0.2, 0.25) is 0 Å². The molecule has 0 aliphatic heterocycles. The van der Waals surface area contributed by atoms with Crippen LogP contribution < -0.4 is 0 Å². The second kappa shape index (κ2) is 3.67. The molecule has 0 spiro atoms. The van der Waals surface area contributed by atoms with E-state index >= 15 is 0 Å². The molecule has 0 saturated heterocycles. The summed E-state index contributed by atoms with van der Waals surface area (Å²) < 4.78 is 4.57. The lowest BCUT2D eigenvalue weighted by molar-refractivity contribution is 0.0984. The largest absolute Gasteiger partial charge is 0.411 e. The summed E-state index contributed by atoms with van der Waals surface area (Å²) >= 11 is 0. The Morgan fingerprint density at radius 1 is 1.56 bits per heavy atom. The Hall–Kier alpha value is -1.76. The van der Waals surface area contributed by atoms with Gasteiger partial charge in [0.2, 0.25) is 0 Å². The van der Waals surface area contributed by atoms with Crippen molar-refractivity contribution >= 4 is 11.4 Å². The minimum absolute atomic E-state index is 0.0214. The van der Waals surface area contributed by atoms with Gasteiger partial charge in [-0.15, -0.1) is 0 Å². The summed E-state index contributed by atoms with van der Waals surface area (Å²) in [6.45, 7) is 1.56. The van der Waals surface area contributed by atoms with Crippen molar-refractivity contribution in [1.29, 1.82) is 5.41 Å². The summed E-state index contributed by atoms with van der Waals surface area (Å²) in [5.74, 6) is 0. The highest BCUT2D eigenvalue weighted by molar-refractivity contribution is 5.98. The minimum atomic E-state index is -1.56. The third-order valence-corrected chi connectivity index (χ3v) is 2.67. The molecule has 0 bridgehead atoms. The summed E-state index contributed by atoms with van der Waals surface area (Å²) in [5, 5.41) is 37.2. The van der Waals surface area contributed by atoms with Gasteiger partial charge in [0.1, 0.15) is 11.4 Å². The Kier molecular flexibility index (Phi) is 2.47. The molecule has 1 heterocycles. The number of rotatable bonds is 2. The van der Waals surface area contributed by atoms with E-state index in [0.29, 0.717) is 18.5 Å². The van der Waals surface area contributed by atoms with Crippen LogP contribution in [0.3, 0.4) is 0 Å². The smallest absolute Gasteiger partial charge is 0.158 e. The van der Waals surface area contributed by atoms with Crippen molar-refractivity contribution in [3.8, 4) is 0 Å². The van der Waals surface area contributed by atoms with Gasteiger partial charge in [-0.3, -0.25) is 0 Å². The molecule has 1 aliphatic carbocycles. The van der Waals surface area contributed by atoms with Crippen molar-refractivity contribution in [3.63, 3.8) is 0 Å². The minimum Gasteiger partial charge on any atom is -0.411 e. The fraction of sp³-hybridized carbons (Fsp3) is 0.556. The lowest BCUT2D eigenvalue weighted by Crippen LogP contribution is -2.42. The molecule has 16 heavy (non-hydrogen) atoms. The third-order valence-electron chi connectivity index (χ3n) is 2.67. The molecule has 1 atom stereocenters. The number of oxime groups is 1. The first-order valence-corrected chi connectivity index (χ1v) is 4.87. The van der Waals surface area contributed by atoms with Crippen LogP contribution in [-0.2, 0) is 12.0 Å². The highest BCUT2D eigenvalue weighted by Gasteiger charge is 2.44. The molecular formula is C9H12N4O3. The van der Waals surface area contributed by atoms with Gasteiger partial charge >= 0.3 is 0 Å². The molecule has 7 nitrogen and oxygen atoms in total. The van der Waals surface area contributed by atoms with Crippen molar-refractivity contribution in [2.75, 3.05) is 0 Å². The molecule has 86 valence electrons. The molecule has 3 N–H and O–H groups in total. The number of aromatic nitrogens is 2. The highest BCUT2D eigenvalue weighted by Crippen LogP contribution is 2.34. The Morgan fingerprint density at radius 2 is 2.31 bits per heavy atom. The molecule has 7 heteroatoms. The summed E-state index contributed by atoms with van der Waals surface area (Å²) in [6, 6.07) is 0. The molecule has 0 fully saturated rings. The second-order valence-corrected chi connectivity index (χ2v) is 3.92. The van der Waals surface area contributed by atoms with Gasteiger partial charge in [-0.1, -0.05) is 15.5 Å². The first-order chi connectivity index (χ1) is 7.58. The van der Waals surface area contributed by atoms with Crippen molar-refractivity contribution in [2.24, 2.45) is 5.16 Å². The topological polar surface area (TPSA) is 116 Å². The van der Waals surface area contributed by atoms with E-state index in [2.05, 4.69) is 20.1 Å². The molecule has 0 radical (unpaired) electrons. The van der Waals surface area contributed by atoms with E-state index in [9.17, 15) is 5.11 Å². The van der Waals surface area contributed by atoms with Crippen molar-refractivity contribution in [1.82, 2.24) is 10.3 Å². The molecule has 0 saturated carbocycles. The molecule has 1 aromatic heterocycles. The summed E-state index contributed by atoms with van der Waals surface area (Å²) in [5.41, 5.74) is -0.301. The fourth-order valence-corrected chi connectivity index (χ4v) is 1.97. The van der Waals surface area contributed by atoms with Crippen LogP contribution in [0.4, 0.5) is 0 Å². The normalized spacial score (nSPS) is 26.8. The van der Waals surface area contributed by atoms with Crippen LogP contribution in [0.15, 0.2) is 9.78 Å². The van der Waals surface area contributed by atoms with Gasteiger partial charge in [-0.25, -0.2) is 4.63 Å². The average Bonchev–Trinajstić information content (AvgIpc) is 2.66. The van der Waals surface area contributed by atoms with Crippen LogP contribution in [0, 0.1) is 5.41 Å². The van der Waals surface area contributed by atoms with Crippen LogP contribution >= 0.6 is 0 Å². The van der Waals surface area contributed by atoms with Gasteiger partial charge < -0.3 is 15.7 Å². The number of fused-ring (bicyclic) bond motifs is 1. The van der Waals surface area contributed by atoms with Gasteiger partial charge in [0.15, 0.2) is 5.60 Å². The van der Waals surface area contributed by atoms with E-state index in [1.54, 1.807) is 6.92 Å².